The van der Waals surface area contributed by atoms with Crippen LogP contribution in [0.15, 0.2) is 54.6 Å². The summed E-state index contributed by atoms with van der Waals surface area (Å²) in [5.74, 6) is -0.509. The molecule has 4 atom stereocenters. The fourth-order valence-electron chi connectivity index (χ4n) is 3.21. The van der Waals surface area contributed by atoms with Gasteiger partial charge in [0.05, 0.1) is 25.2 Å². The van der Waals surface area contributed by atoms with Crippen LogP contribution < -0.4 is 5.32 Å². The van der Waals surface area contributed by atoms with Gasteiger partial charge in [0.25, 0.3) is 0 Å². The molecule has 0 bridgehead atoms. The first-order valence-electron chi connectivity index (χ1n) is 8.72. The largest absolute Gasteiger partial charge is 0.469 e. The van der Waals surface area contributed by atoms with Crippen LogP contribution in [0.2, 0.25) is 0 Å². The Morgan fingerprint density at radius 2 is 1.80 bits per heavy atom. The number of ether oxygens (including phenoxy) is 2. The lowest BCUT2D eigenvalue weighted by atomic mass is 9.95. The number of epoxide rings is 1. The fraction of sp³-hybridized carbons (Fsp3) is 0.381. The highest BCUT2D eigenvalue weighted by Gasteiger charge is 2.46. The number of carbonyl (C=O) groups excluding carboxylic acids is 1. The number of para-hydroxylation sites is 1. The van der Waals surface area contributed by atoms with Gasteiger partial charge < -0.3 is 14.8 Å². The topological polar surface area (TPSA) is 50.9 Å². The highest BCUT2D eigenvalue weighted by atomic mass is 16.6. The molecule has 0 radical (unpaired) electrons. The predicted molar refractivity (Wildman–Crippen MR) is 98.6 cm³/mol. The van der Waals surface area contributed by atoms with E-state index < -0.39 is 0 Å². The van der Waals surface area contributed by atoms with Gasteiger partial charge >= 0.3 is 5.97 Å². The minimum absolute atomic E-state index is 0.0267. The summed E-state index contributed by atoms with van der Waals surface area (Å²) < 4.78 is 10.6. The smallest absolute Gasteiger partial charge is 0.310 e. The highest BCUT2D eigenvalue weighted by Crippen LogP contribution is 2.32. The Morgan fingerprint density at radius 1 is 1.16 bits per heavy atom. The van der Waals surface area contributed by atoms with Crippen molar-refractivity contribution >= 4 is 11.7 Å². The number of nitrogens with one attached hydrogen (secondary N) is 1. The minimum atomic E-state index is -0.287. The molecular weight excluding hydrogens is 314 g/mol. The average molecular weight is 339 g/mol. The molecule has 2 aromatic rings. The van der Waals surface area contributed by atoms with Crippen molar-refractivity contribution in [1.82, 2.24) is 0 Å². The zero-order chi connectivity index (χ0) is 17.8. The van der Waals surface area contributed by atoms with Gasteiger partial charge in [-0.15, -0.1) is 0 Å². The van der Waals surface area contributed by atoms with Crippen LogP contribution in [0.5, 0.6) is 0 Å². The van der Waals surface area contributed by atoms with E-state index in [2.05, 4.69) is 29.6 Å². The molecule has 0 saturated carbocycles. The van der Waals surface area contributed by atoms with Gasteiger partial charge in [-0.05, 0) is 37.5 Å². The molecular formula is C21H25NO3. The molecule has 1 aliphatic rings. The second-order valence-corrected chi connectivity index (χ2v) is 6.61. The van der Waals surface area contributed by atoms with Crippen molar-refractivity contribution in [2.45, 2.75) is 38.5 Å². The summed E-state index contributed by atoms with van der Waals surface area (Å²) in [7, 11) is 1.43. The first kappa shape index (κ1) is 17.5. The Kier molecular flexibility index (Phi) is 5.39. The SMILES string of the molecule is COC(=O)C(C)C(Nc1ccccc1Cc1ccccc1)[C@@H]1O[C@H]1C. The average Bonchev–Trinajstić information content (AvgIpc) is 3.36. The molecule has 2 unspecified atom stereocenters. The Balaban J connectivity index is 1.81. The molecule has 0 amide bonds. The van der Waals surface area contributed by atoms with Crippen LogP contribution >= 0.6 is 0 Å². The van der Waals surface area contributed by atoms with Gasteiger partial charge in [-0.25, -0.2) is 0 Å². The fourth-order valence-corrected chi connectivity index (χ4v) is 3.21. The Hall–Kier alpha value is -2.33. The summed E-state index contributed by atoms with van der Waals surface area (Å²) in [5, 5.41) is 3.55. The number of benzene rings is 2. The Labute approximate surface area is 149 Å². The van der Waals surface area contributed by atoms with E-state index in [1.807, 2.05) is 44.2 Å². The van der Waals surface area contributed by atoms with Crippen molar-refractivity contribution in [1.29, 1.82) is 0 Å². The molecule has 2 aromatic carbocycles. The van der Waals surface area contributed by atoms with Crippen LogP contribution in [0.25, 0.3) is 0 Å². The van der Waals surface area contributed by atoms with Crippen LogP contribution in [-0.4, -0.2) is 31.3 Å². The van der Waals surface area contributed by atoms with Gasteiger partial charge in [-0.1, -0.05) is 48.5 Å². The molecule has 4 nitrogen and oxygen atoms in total. The third-order valence-electron chi connectivity index (χ3n) is 4.80. The maximum absolute atomic E-state index is 12.0. The molecule has 1 saturated heterocycles. The third-order valence-corrected chi connectivity index (χ3v) is 4.80. The van der Waals surface area contributed by atoms with E-state index in [9.17, 15) is 4.79 Å². The van der Waals surface area contributed by atoms with E-state index in [-0.39, 0.29) is 30.1 Å². The van der Waals surface area contributed by atoms with Crippen molar-refractivity contribution in [2.75, 3.05) is 12.4 Å². The summed E-state index contributed by atoms with van der Waals surface area (Å²) in [4.78, 5) is 12.0. The minimum Gasteiger partial charge on any atom is -0.469 e. The molecule has 1 N–H and O–H groups in total. The molecule has 1 heterocycles. The number of methoxy groups -OCH3 is 1. The first-order valence-corrected chi connectivity index (χ1v) is 8.72. The Bertz CT molecular complexity index is 716. The first-order chi connectivity index (χ1) is 12.1. The van der Waals surface area contributed by atoms with Crippen molar-refractivity contribution in [3.63, 3.8) is 0 Å². The monoisotopic (exact) mass is 339 g/mol. The highest BCUT2D eigenvalue weighted by molar-refractivity contribution is 5.74. The lowest BCUT2D eigenvalue weighted by Crippen LogP contribution is -2.38. The maximum Gasteiger partial charge on any atom is 0.310 e. The van der Waals surface area contributed by atoms with Gasteiger partial charge in [0.2, 0.25) is 0 Å². The normalized spacial score (nSPS) is 21.2. The van der Waals surface area contributed by atoms with E-state index >= 15 is 0 Å². The lowest BCUT2D eigenvalue weighted by molar-refractivity contribution is -0.145. The lowest BCUT2D eigenvalue weighted by Gasteiger charge is -2.24. The van der Waals surface area contributed by atoms with Gasteiger partial charge in [-0.2, -0.15) is 0 Å². The van der Waals surface area contributed by atoms with Crippen LogP contribution in [-0.2, 0) is 20.7 Å². The molecule has 0 spiro atoms. The van der Waals surface area contributed by atoms with Crippen molar-refractivity contribution in [3.05, 3.63) is 65.7 Å². The molecule has 0 aliphatic carbocycles. The van der Waals surface area contributed by atoms with E-state index in [0.29, 0.717) is 0 Å². The number of rotatable bonds is 7. The zero-order valence-electron chi connectivity index (χ0n) is 14.9. The quantitative estimate of drug-likeness (QED) is 0.618. The van der Waals surface area contributed by atoms with Crippen molar-refractivity contribution in [2.24, 2.45) is 5.92 Å². The summed E-state index contributed by atoms with van der Waals surface area (Å²) in [6, 6.07) is 18.5. The number of anilines is 1. The van der Waals surface area contributed by atoms with Crippen LogP contribution in [0, 0.1) is 5.92 Å². The van der Waals surface area contributed by atoms with Crippen LogP contribution in [0.4, 0.5) is 5.69 Å². The van der Waals surface area contributed by atoms with Crippen LogP contribution in [0.1, 0.15) is 25.0 Å². The molecule has 4 heteroatoms. The predicted octanol–water partition coefficient (Wildman–Crippen LogP) is 3.65. The van der Waals surface area contributed by atoms with E-state index in [1.54, 1.807) is 0 Å². The second kappa shape index (κ2) is 7.70. The number of hydrogen-bond acceptors (Lipinski definition) is 4. The van der Waals surface area contributed by atoms with E-state index in [4.69, 9.17) is 9.47 Å². The zero-order valence-corrected chi connectivity index (χ0v) is 14.9. The van der Waals surface area contributed by atoms with E-state index in [0.717, 1.165) is 12.1 Å². The molecule has 3 rings (SSSR count). The van der Waals surface area contributed by atoms with Gasteiger partial charge in [0, 0.05) is 5.69 Å². The summed E-state index contributed by atoms with van der Waals surface area (Å²) in [6.07, 6.45) is 1.02. The molecule has 1 fully saturated rings. The van der Waals surface area contributed by atoms with E-state index in [1.165, 1.54) is 18.2 Å². The summed E-state index contributed by atoms with van der Waals surface area (Å²) >= 11 is 0. The molecule has 0 aromatic heterocycles. The maximum atomic E-state index is 12.0. The van der Waals surface area contributed by atoms with Gasteiger partial charge in [0.1, 0.15) is 6.10 Å². The summed E-state index contributed by atoms with van der Waals surface area (Å²) in [5.41, 5.74) is 3.49. The van der Waals surface area contributed by atoms with Crippen LogP contribution in [0.3, 0.4) is 0 Å². The van der Waals surface area contributed by atoms with Crippen molar-refractivity contribution in [3.8, 4) is 0 Å². The van der Waals surface area contributed by atoms with Gasteiger partial charge in [0.15, 0.2) is 0 Å². The Morgan fingerprint density at radius 3 is 2.44 bits per heavy atom. The second-order valence-electron chi connectivity index (χ2n) is 6.61. The molecule has 132 valence electrons. The number of carbonyl (C=O) groups is 1. The third kappa shape index (κ3) is 4.20. The molecule has 1 aliphatic heterocycles. The summed E-state index contributed by atoms with van der Waals surface area (Å²) in [6.45, 7) is 3.91. The number of esters is 1. The van der Waals surface area contributed by atoms with Gasteiger partial charge in [-0.3, -0.25) is 4.79 Å². The number of hydrogen-bond donors (Lipinski definition) is 1. The standard InChI is InChI=1S/C21H25NO3/c1-14(21(23)24-3)19(20-15(2)25-20)22-18-12-8-7-11-17(18)13-16-9-5-4-6-10-16/h4-12,14-15,19-20,22H,13H2,1-3H3/t14?,15-,19?,20+/m0/s1. The molecule has 25 heavy (non-hydrogen) atoms. The van der Waals surface area contributed by atoms with Crippen molar-refractivity contribution < 1.29 is 14.3 Å².